The molecule has 5 heteroatoms. The maximum Gasteiger partial charge on any atom is 0.178 e. The lowest BCUT2D eigenvalue weighted by atomic mass is 10.1. The zero-order chi connectivity index (χ0) is 10.2. The van der Waals surface area contributed by atoms with E-state index in [2.05, 4.69) is 4.84 Å². The van der Waals surface area contributed by atoms with Crippen molar-refractivity contribution in [2.24, 2.45) is 5.90 Å². The molecule has 76 valence electrons. The Morgan fingerprint density at radius 2 is 2.21 bits per heavy atom. The number of hydrogen-bond acceptors (Lipinski definition) is 4. The van der Waals surface area contributed by atoms with Crippen molar-refractivity contribution in [3.8, 4) is 0 Å². The van der Waals surface area contributed by atoms with Gasteiger partial charge in [-0.2, -0.15) is 0 Å². The zero-order valence-corrected chi connectivity index (χ0v) is 8.38. The number of hydrogen-bond donors (Lipinski definition) is 1. The van der Waals surface area contributed by atoms with Crippen LogP contribution in [0.2, 0.25) is 0 Å². The molecule has 0 unspecified atom stereocenters. The molecule has 0 amide bonds. The Labute approximate surface area is 82.6 Å². The summed E-state index contributed by atoms with van der Waals surface area (Å²) in [6, 6.07) is 5.31. The second kappa shape index (κ2) is 3.34. The molecule has 0 fully saturated rings. The summed E-state index contributed by atoms with van der Waals surface area (Å²) in [5.74, 6) is 5.14. The van der Waals surface area contributed by atoms with Crippen LogP contribution < -0.4 is 5.90 Å². The number of nitrogens with two attached hydrogens (primary N) is 1. The third kappa shape index (κ3) is 1.54. The predicted octanol–water partition coefficient (Wildman–Crippen LogP) is 0.407. The molecular formula is C9H11NO3S. The van der Waals surface area contributed by atoms with Crippen LogP contribution in [0.25, 0.3) is 0 Å². The van der Waals surface area contributed by atoms with Crippen molar-refractivity contribution in [2.75, 3.05) is 5.75 Å². The van der Waals surface area contributed by atoms with E-state index in [1.165, 1.54) is 0 Å². The van der Waals surface area contributed by atoms with Crippen LogP contribution in [0.4, 0.5) is 0 Å². The largest absolute Gasteiger partial charge is 0.300 e. The SMILES string of the molecule is NOCc1ccc2c(c1)S(=O)(=O)CC2. The van der Waals surface area contributed by atoms with Crippen LogP contribution >= 0.6 is 0 Å². The second-order valence-corrected chi connectivity index (χ2v) is 5.40. The van der Waals surface area contributed by atoms with Gasteiger partial charge in [0.1, 0.15) is 0 Å². The summed E-state index contributed by atoms with van der Waals surface area (Å²) >= 11 is 0. The summed E-state index contributed by atoms with van der Waals surface area (Å²) in [5.41, 5.74) is 1.68. The maximum absolute atomic E-state index is 11.5. The Balaban J connectivity index is 2.48. The van der Waals surface area contributed by atoms with Crippen molar-refractivity contribution in [3.63, 3.8) is 0 Å². The van der Waals surface area contributed by atoms with E-state index in [9.17, 15) is 8.42 Å². The van der Waals surface area contributed by atoms with Crippen LogP contribution in [0.15, 0.2) is 23.1 Å². The molecule has 2 N–H and O–H groups in total. The highest BCUT2D eigenvalue weighted by molar-refractivity contribution is 7.91. The van der Waals surface area contributed by atoms with Gasteiger partial charge in [0.15, 0.2) is 9.84 Å². The van der Waals surface area contributed by atoms with E-state index in [0.29, 0.717) is 11.3 Å². The third-order valence-electron chi connectivity index (χ3n) is 2.36. The first-order valence-corrected chi connectivity index (χ1v) is 5.95. The molecule has 1 aromatic rings. The second-order valence-electron chi connectivity index (χ2n) is 3.32. The van der Waals surface area contributed by atoms with Gasteiger partial charge in [-0.3, -0.25) is 4.84 Å². The molecule has 14 heavy (non-hydrogen) atoms. The fourth-order valence-corrected chi connectivity index (χ4v) is 3.24. The minimum Gasteiger partial charge on any atom is -0.300 e. The Morgan fingerprint density at radius 1 is 1.43 bits per heavy atom. The van der Waals surface area contributed by atoms with E-state index in [1.807, 2.05) is 12.1 Å². The summed E-state index contributed by atoms with van der Waals surface area (Å²) in [6.07, 6.45) is 0.613. The van der Waals surface area contributed by atoms with Crippen LogP contribution in [0, 0.1) is 0 Å². The molecule has 0 radical (unpaired) electrons. The lowest BCUT2D eigenvalue weighted by molar-refractivity contribution is 0.124. The first-order chi connectivity index (χ1) is 6.63. The standard InChI is InChI=1S/C9H11NO3S/c10-13-6-7-1-2-8-3-4-14(11,12)9(8)5-7/h1-2,5H,3-4,6,10H2. The lowest BCUT2D eigenvalue weighted by Gasteiger charge is -2.02. The van der Waals surface area contributed by atoms with Crippen molar-refractivity contribution >= 4 is 9.84 Å². The van der Waals surface area contributed by atoms with Gasteiger partial charge in [0, 0.05) is 0 Å². The molecule has 1 aliphatic heterocycles. The zero-order valence-electron chi connectivity index (χ0n) is 7.56. The van der Waals surface area contributed by atoms with Crippen molar-refractivity contribution in [2.45, 2.75) is 17.9 Å². The molecule has 0 saturated carbocycles. The van der Waals surface area contributed by atoms with E-state index >= 15 is 0 Å². The molecule has 1 aromatic carbocycles. The predicted molar refractivity (Wildman–Crippen MR) is 51.2 cm³/mol. The van der Waals surface area contributed by atoms with E-state index in [1.54, 1.807) is 6.07 Å². The van der Waals surface area contributed by atoms with Crippen molar-refractivity contribution in [1.29, 1.82) is 0 Å². The van der Waals surface area contributed by atoms with Gasteiger partial charge in [-0.1, -0.05) is 12.1 Å². The Morgan fingerprint density at radius 3 is 2.93 bits per heavy atom. The fraction of sp³-hybridized carbons (Fsp3) is 0.333. The summed E-state index contributed by atoms with van der Waals surface area (Å²) in [7, 11) is -3.04. The summed E-state index contributed by atoms with van der Waals surface area (Å²) in [6.45, 7) is 0.239. The molecule has 0 saturated heterocycles. The van der Waals surface area contributed by atoms with Crippen LogP contribution in [-0.2, 0) is 27.7 Å². The van der Waals surface area contributed by atoms with Gasteiger partial charge in [0.25, 0.3) is 0 Å². The molecule has 0 spiro atoms. The molecule has 4 nitrogen and oxygen atoms in total. The first-order valence-electron chi connectivity index (χ1n) is 4.30. The Hall–Kier alpha value is -0.910. The van der Waals surface area contributed by atoms with Gasteiger partial charge in [0.2, 0.25) is 0 Å². The van der Waals surface area contributed by atoms with Crippen molar-refractivity contribution in [1.82, 2.24) is 0 Å². The molecule has 0 atom stereocenters. The normalized spacial score (nSPS) is 18.1. The number of rotatable bonds is 2. The molecule has 2 rings (SSSR count). The number of sulfone groups is 1. The van der Waals surface area contributed by atoms with Gasteiger partial charge in [0.05, 0.1) is 17.3 Å². The van der Waals surface area contributed by atoms with Gasteiger partial charge < -0.3 is 0 Å². The summed E-state index contributed by atoms with van der Waals surface area (Å²) in [4.78, 5) is 4.90. The highest BCUT2D eigenvalue weighted by atomic mass is 32.2. The van der Waals surface area contributed by atoms with Crippen LogP contribution in [0.1, 0.15) is 11.1 Å². The van der Waals surface area contributed by atoms with E-state index in [-0.39, 0.29) is 12.4 Å². The molecular weight excluding hydrogens is 202 g/mol. The minimum atomic E-state index is -3.04. The topological polar surface area (TPSA) is 69.4 Å². The third-order valence-corrected chi connectivity index (χ3v) is 4.15. The monoisotopic (exact) mass is 213 g/mol. The summed E-state index contributed by atoms with van der Waals surface area (Å²) in [5, 5.41) is 0. The average molecular weight is 213 g/mol. The average Bonchev–Trinajstić information content (AvgIpc) is 2.44. The molecule has 1 heterocycles. The highest BCUT2D eigenvalue weighted by Gasteiger charge is 2.25. The lowest BCUT2D eigenvalue weighted by Crippen LogP contribution is -2.02. The minimum absolute atomic E-state index is 0.218. The van der Waals surface area contributed by atoms with E-state index in [4.69, 9.17) is 5.90 Å². The van der Waals surface area contributed by atoms with Crippen molar-refractivity contribution < 1.29 is 13.3 Å². The first kappa shape index (κ1) is 9.64. The van der Waals surface area contributed by atoms with Gasteiger partial charge in [-0.15, -0.1) is 0 Å². The smallest absolute Gasteiger partial charge is 0.178 e. The Bertz CT molecular complexity index is 453. The number of benzene rings is 1. The quantitative estimate of drug-likeness (QED) is 0.722. The maximum atomic E-state index is 11.5. The Kier molecular flexibility index (Phi) is 2.30. The van der Waals surface area contributed by atoms with E-state index in [0.717, 1.165) is 11.1 Å². The number of fused-ring (bicyclic) bond motifs is 1. The molecule has 0 aliphatic carbocycles. The van der Waals surface area contributed by atoms with Gasteiger partial charge in [-0.05, 0) is 23.6 Å². The van der Waals surface area contributed by atoms with Crippen LogP contribution in [0.5, 0.6) is 0 Å². The number of aryl methyl sites for hydroxylation is 1. The van der Waals surface area contributed by atoms with Crippen LogP contribution in [-0.4, -0.2) is 14.2 Å². The van der Waals surface area contributed by atoms with Crippen LogP contribution in [0.3, 0.4) is 0 Å². The van der Waals surface area contributed by atoms with Gasteiger partial charge in [-0.25, -0.2) is 14.3 Å². The van der Waals surface area contributed by atoms with E-state index < -0.39 is 9.84 Å². The molecule has 0 bridgehead atoms. The fourth-order valence-electron chi connectivity index (χ4n) is 1.64. The molecule has 0 aromatic heterocycles. The highest BCUT2D eigenvalue weighted by Crippen LogP contribution is 2.26. The van der Waals surface area contributed by atoms with Gasteiger partial charge >= 0.3 is 0 Å². The van der Waals surface area contributed by atoms with Crippen molar-refractivity contribution in [3.05, 3.63) is 29.3 Å². The molecule has 1 aliphatic rings. The summed E-state index contributed by atoms with van der Waals surface area (Å²) < 4.78 is 23.1.